The fourth-order valence-corrected chi connectivity index (χ4v) is 2.24. The highest BCUT2D eigenvalue weighted by Gasteiger charge is 2.11. The van der Waals surface area contributed by atoms with Gasteiger partial charge in [-0.05, 0) is 49.1 Å². The molecule has 2 aromatic rings. The molecule has 0 aliphatic heterocycles. The molecule has 0 bridgehead atoms. The Balaban J connectivity index is 1.95. The third kappa shape index (κ3) is 4.08. The quantitative estimate of drug-likeness (QED) is 0.817. The lowest BCUT2D eigenvalue weighted by molar-refractivity contribution is 0.443. The van der Waals surface area contributed by atoms with Gasteiger partial charge in [-0.2, -0.15) is 0 Å². The summed E-state index contributed by atoms with van der Waals surface area (Å²) in [5, 5.41) is 3.19. The molecule has 0 radical (unpaired) electrons. The Morgan fingerprint density at radius 1 is 1.05 bits per heavy atom. The van der Waals surface area contributed by atoms with Crippen LogP contribution in [0.1, 0.15) is 23.6 Å². The maximum atomic E-state index is 13.1. The number of hydrogen-bond donors (Lipinski definition) is 1. The Bertz CT molecular complexity index is 602. The molecule has 0 aliphatic rings. The van der Waals surface area contributed by atoms with Crippen molar-refractivity contribution in [2.45, 2.75) is 32.9 Å². The molecule has 4 heteroatoms. The van der Waals surface area contributed by atoms with E-state index in [0.29, 0.717) is 12.1 Å². The normalized spacial score (nSPS) is 12.4. The minimum atomic E-state index is -1.42. The average Bonchev–Trinajstić information content (AvgIpc) is 2.45. The predicted octanol–water partition coefficient (Wildman–Crippen LogP) is 4.13. The fraction of sp³-hybridized carbons (Fsp3) is 0.294. The molecule has 1 atom stereocenters. The number of aryl methyl sites for hydroxylation is 1. The molecule has 0 saturated carbocycles. The SMILES string of the molecule is Cc1ccccc1CC(C)NCc1cc(F)c(F)c(F)c1. The largest absolute Gasteiger partial charge is 0.310 e. The Morgan fingerprint density at radius 3 is 2.29 bits per heavy atom. The molecule has 0 heterocycles. The topological polar surface area (TPSA) is 12.0 Å². The second-order valence-corrected chi connectivity index (χ2v) is 5.29. The van der Waals surface area contributed by atoms with Gasteiger partial charge >= 0.3 is 0 Å². The van der Waals surface area contributed by atoms with E-state index in [1.807, 2.05) is 32.0 Å². The van der Waals surface area contributed by atoms with Crippen LogP contribution in [0, 0.1) is 24.4 Å². The molecular weight excluding hydrogens is 275 g/mol. The summed E-state index contributed by atoms with van der Waals surface area (Å²) in [6.07, 6.45) is 0.818. The summed E-state index contributed by atoms with van der Waals surface area (Å²) in [5.41, 5.74) is 2.84. The van der Waals surface area contributed by atoms with Gasteiger partial charge in [-0.1, -0.05) is 24.3 Å². The molecule has 0 amide bonds. The van der Waals surface area contributed by atoms with Crippen molar-refractivity contribution in [2.24, 2.45) is 0 Å². The van der Waals surface area contributed by atoms with Gasteiger partial charge in [0.25, 0.3) is 0 Å². The maximum absolute atomic E-state index is 13.1. The Hall–Kier alpha value is -1.81. The number of hydrogen-bond acceptors (Lipinski definition) is 1. The molecule has 1 unspecified atom stereocenters. The summed E-state index contributed by atoms with van der Waals surface area (Å²) in [6, 6.07) is 10.3. The third-order valence-corrected chi connectivity index (χ3v) is 3.49. The lowest BCUT2D eigenvalue weighted by Gasteiger charge is -2.15. The zero-order valence-electron chi connectivity index (χ0n) is 12.1. The lowest BCUT2D eigenvalue weighted by atomic mass is 10.0. The summed E-state index contributed by atoms with van der Waals surface area (Å²) >= 11 is 0. The van der Waals surface area contributed by atoms with Crippen LogP contribution >= 0.6 is 0 Å². The Labute approximate surface area is 122 Å². The van der Waals surface area contributed by atoms with Crippen molar-refractivity contribution in [2.75, 3.05) is 0 Å². The first-order chi connectivity index (χ1) is 9.97. The van der Waals surface area contributed by atoms with Crippen molar-refractivity contribution in [3.63, 3.8) is 0 Å². The maximum Gasteiger partial charge on any atom is 0.194 e. The molecule has 1 N–H and O–H groups in total. The molecule has 0 aromatic heterocycles. The Kier molecular flexibility index (Phi) is 5.02. The minimum absolute atomic E-state index is 0.141. The number of benzene rings is 2. The van der Waals surface area contributed by atoms with E-state index < -0.39 is 17.5 Å². The van der Waals surface area contributed by atoms with Crippen molar-refractivity contribution in [1.82, 2.24) is 5.32 Å². The van der Waals surface area contributed by atoms with Crippen LogP contribution in [0.4, 0.5) is 13.2 Å². The van der Waals surface area contributed by atoms with E-state index in [-0.39, 0.29) is 6.04 Å². The van der Waals surface area contributed by atoms with Crippen molar-refractivity contribution < 1.29 is 13.2 Å². The zero-order valence-corrected chi connectivity index (χ0v) is 12.1. The van der Waals surface area contributed by atoms with E-state index >= 15 is 0 Å². The standard InChI is InChI=1S/C17H18F3N/c1-11-5-3-4-6-14(11)7-12(2)21-10-13-8-15(18)17(20)16(19)9-13/h3-6,8-9,12,21H,7,10H2,1-2H3. The van der Waals surface area contributed by atoms with Crippen molar-refractivity contribution >= 4 is 0 Å². The molecule has 2 aromatic carbocycles. The molecular formula is C17H18F3N. The highest BCUT2D eigenvalue weighted by molar-refractivity contribution is 5.26. The van der Waals surface area contributed by atoms with Gasteiger partial charge in [-0.25, -0.2) is 13.2 Å². The van der Waals surface area contributed by atoms with Crippen LogP contribution < -0.4 is 5.32 Å². The van der Waals surface area contributed by atoms with Crippen LogP contribution in [0.25, 0.3) is 0 Å². The zero-order chi connectivity index (χ0) is 15.4. The van der Waals surface area contributed by atoms with Gasteiger partial charge in [0.15, 0.2) is 17.5 Å². The fourth-order valence-electron chi connectivity index (χ4n) is 2.24. The number of rotatable bonds is 5. The second kappa shape index (κ2) is 6.76. The first kappa shape index (κ1) is 15.6. The van der Waals surface area contributed by atoms with Gasteiger partial charge in [0.05, 0.1) is 0 Å². The molecule has 1 nitrogen and oxygen atoms in total. The van der Waals surface area contributed by atoms with Crippen LogP contribution in [0.3, 0.4) is 0 Å². The van der Waals surface area contributed by atoms with Gasteiger partial charge in [0.1, 0.15) is 0 Å². The summed E-state index contributed by atoms with van der Waals surface area (Å²) in [7, 11) is 0. The van der Waals surface area contributed by atoms with E-state index in [1.54, 1.807) is 0 Å². The summed E-state index contributed by atoms with van der Waals surface area (Å²) in [5.74, 6) is -3.73. The third-order valence-electron chi connectivity index (χ3n) is 3.49. The monoisotopic (exact) mass is 293 g/mol. The van der Waals surface area contributed by atoms with E-state index in [2.05, 4.69) is 11.4 Å². The molecule has 112 valence electrons. The molecule has 2 rings (SSSR count). The highest BCUT2D eigenvalue weighted by atomic mass is 19.2. The van der Waals surface area contributed by atoms with Gasteiger partial charge in [-0.3, -0.25) is 0 Å². The molecule has 21 heavy (non-hydrogen) atoms. The molecule has 0 aliphatic carbocycles. The predicted molar refractivity (Wildman–Crippen MR) is 77.5 cm³/mol. The van der Waals surface area contributed by atoms with Crippen LogP contribution in [0.2, 0.25) is 0 Å². The van der Waals surface area contributed by atoms with E-state index in [4.69, 9.17) is 0 Å². The van der Waals surface area contributed by atoms with Crippen LogP contribution in [0.15, 0.2) is 36.4 Å². The van der Waals surface area contributed by atoms with E-state index in [0.717, 1.165) is 18.6 Å². The van der Waals surface area contributed by atoms with Crippen molar-refractivity contribution in [3.8, 4) is 0 Å². The van der Waals surface area contributed by atoms with Crippen LogP contribution in [-0.2, 0) is 13.0 Å². The second-order valence-electron chi connectivity index (χ2n) is 5.29. The van der Waals surface area contributed by atoms with Gasteiger partial charge in [-0.15, -0.1) is 0 Å². The number of nitrogens with one attached hydrogen (secondary N) is 1. The number of halogens is 3. The highest BCUT2D eigenvalue weighted by Crippen LogP contribution is 2.14. The van der Waals surface area contributed by atoms with Crippen LogP contribution in [0.5, 0.6) is 0 Å². The molecule has 0 spiro atoms. The summed E-state index contributed by atoms with van der Waals surface area (Å²) in [6.45, 7) is 4.34. The van der Waals surface area contributed by atoms with Gasteiger partial charge in [0.2, 0.25) is 0 Å². The first-order valence-corrected chi connectivity index (χ1v) is 6.88. The average molecular weight is 293 g/mol. The molecule has 0 fully saturated rings. The van der Waals surface area contributed by atoms with E-state index in [1.165, 1.54) is 11.1 Å². The van der Waals surface area contributed by atoms with Crippen LogP contribution in [-0.4, -0.2) is 6.04 Å². The van der Waals surface area contributed by atoms with Crippen molar-refractivity contribution in [3.05, 3.63) is 70.5 Å². The summed E-state index contributed by atoms with van der Waals surface area (Å²) < 4.78 is 39.1. The van der Waals surface area contributed by atoms with Crippen molar-refractivity contribution in [1.29, 1.82) is 0 Å². The summed E-state index contributed by atoms with van der Waals surface area (Å²) in [4.78, 5) is 0. The molecule has 0 saturated heterocycles. The minimum Gasteiger partial charge on any atom is -0.310 e. The Morgan fingerprint density at radius 2 is 1.67 bits per heavy atom. The first-order valence-electron chi connectivity index (χ1n) is 6.88. The lowest BCUT2D eigenvalue weighted by Crippen LogP contribution is -2.28. The smallest absolute Gasteiger partial charge is 0.194 e. The van der Waals surface area contributed by atoms with E-state index in [9.17, 15) is 13.2 Å². The van der Waals surface area contributed by atoms with Gasteiger partial charge in [0, 0.05) is 12.6 Å². The van der Waals surface area contributed by atoms with Gasteiger partial charge < -0.3 is 5.32 Å².